The molecule has 0 spiro atoms. The summed E-state index contributed by atoms with van der Waals surface area (Å²) in [4.78, 5) is 38.4. The third-order valence-corrected chi connectivity index (χ3v) is 10.9. The van der Waals surface area contributed by atoms with E-state index in [1.165, 1.54) is 4.67 Å². The number of carbonyl (C=O) groups is 2. The average molecular weight is 855 g/mol. The van der Waals surface area contributed by atoms with Gasteiger partial charge in [0.15, 0.2) is 0 Å². The summed E-state index contributed by atoms with van der Waals surface area (Å²) in [5, 5.41) is 2.75. The van der Waals surface area contributed by atoms with Gasteiger partial charge in [0, 0.05) is 0 Å². The molecular weight excluding hydrogens is 817 g/mol. The van der Waals surface area contributed by atoms with E-state index in [-0.39, 0.29) is 42.8 Å². The van der Waals surface area contributed by atoms with E-state index in [0.717, 1.165) is 5.56 Å². The number of benzene rings is 1. The zero-order valence-electron chi connectivity index (χ0n) is 26.4. The first-order valence-corrected chi connectivity index (χ1v) is 18.8. The van der Waals surface area contributed by atoms with Crippen molar-refractivity contribution >= 4 is 73.2 Å². The van der Waals surface area contributed by atoms with E-state index >= 15 is 0 Å². The molecule has 3 heterocycles. The van der Waals surface area contributed by atoms with Gasteiger partial charge in [0.25, 0.3) is 0 Å². The molecule has 1 aliphatic rings. The quantitative estimate of drug-likeness (QED) is 0.128. The molecule has 1 aliphatic heterocycles. The van der Waals surface area contributed by atoms with E-state index in [4.69, 9.17) is 30.0 Å². The van der Waals surface area contributed by atoms with Gasteiger partial charge in [-0.1, -0.05) is 0 Å². The van der Waals surface area contributed by atoms with Gasteiger partial charge in [-0.3, -0.25) is 4.79 Å². The molecule has 0 bridgehead atoms. The number of fused-ring (bicyclic) bond motifs is 1. The Morgan fingerprint density at radius 3 is 2.51 bits per heavy atom. The summed E-state index contributed by atoms with van der Waals surface area (Å²) in [5.74, 6) is -0.209. The van der Waals surface area contributed by atoms with Crippen LogP contribution in [0.1, 0.15) is 46.4 Å². The van der Waals surface area contributed by atoms with Crippen LogP contribution in [-0.2, 0) is 30.0 Å². The third-order valence-electron chi connectivity index (χ3n) is 6.66. The summed E-state index contributed by atoms with van der Waals surface area (Å²) in [6, 6.07) is 6.98. The zero-order valence-corrected chi connectivity index (χ0v) is 32.5. The van der Waals surface area contributed by atoms with E-state index in [9.17, 15) is 14.2 Å². The first-order valence-electron chi connectivity index (χ1n) is 14.3. The van der Waals surface area contributed by atoms with Gasteiger partial charge in [-0.25, -0.2) is 0 Å². The Bertz CT molecular complexity index is 1570. The Morgan fingerprint density at radius 2 is 1.89 bits per heavy atom. The minimum absolute atomic E-state index is 0.0402. The molecule has 0 radical (unpaired) electrons. The van der Waals surface area contributed by atoms with Crippen molar-refractivity contribution in [1.82, 2.24) is 26.9 Å². The fourth-order valence-electron chi connectivity index (χ4n) is 3.96. The van der Waals surface area contributed by atoms with Crippen molar-refractivity contribution in [2.75, 3.05) is 39.1 Å². The first kappa shape index (κ1) is 35.6. The molecular formula is C28H38ClN7O7PTl. The minimum atomic E-state index is -3.45. The monoisotopic (exact) mass is 855 g/mol. The molecule has 1 N–H and O–H groups in total. The number of esters is 1. The molecule has 17 heteroatoms. The topological polar surface area (TPSA) is 150 Å². The number of aromatic nitrogens is 4. The standard InChI is InChI=1S/C28H38ClN7O7P.Tl/c1-17(2)24(37)33-27-32-23-22(25(34-27)40-14-18-8-10-19(11-9-18)43-26(38)28(3,4)5)31-16-36(23)21-13-30-12-20(42-21)15-41-44(29,39)35(6)7;/h8-11,16-17,20-21H,12-15H2,1-7H3,(H,32,33,34,37);/q-1;+1. The van der Waals surface area contributed by atoms with Gasteiger partial charge < -0.3 is 4.74 Å². The van der Waals surface area contributed by atoms with Crippen LogP contribution in [0.2, 0.25) is 0 Å². The number of imidazole rings is 1. The fourth-order valence-corrected chi connectivity index (χ4v) is 6.32. The van der Waals surface area contributed by atoms with Crippen LogP contribution < -0.4 is 14.8 Å². The molecule has 14 nitrogen and oxygen atoms in total. The number of rotatable bonds is 11. The number of amides is 1. The second kappa shape index (κ2) is 14.7. The molecule has 45 heavy (non-hydrogen) atoms. The van der Waals surface area contributed by atoms with Crippen LogP contribution in [0.4, 0.5) is 5.95 Å². The number of nitrogens with zero attached hydrogens (tertiary/aromatic N) is 6. The number of halogens is 1. The van der Waals surface area contributed by atoms with Gasteiger partial charge in [-0.15, -0.1) is 0 Å². The van der Waals surface area contributed by atoms with Crippen LogP contribution in [0.5, 0.6) is 11.6 Å². The van der Waals surface area contributed by atoms with Crippen LogP contribution in [0.25, 0.3) is 11.2 Å². The zero-order chi connectivity index (χ0) is 33.1. The van der Waals surface area contributed by atoms with Gasteiger partial charge in [-0.2, -0.15) is 0 Å². The molecule has 3 unspecified atom stereocenters. The van der Waals surface area contributed by atoms with Crippen molar-refractivity contribution in [1.29, 1.82) is 0 Å². The van der Waals surface area contributed by atoms with Crippen molar-refractivity contribution in [2.24, 2.45) is 11.3 Å². The fraction of sp³-hybridized carbons (Fsp3) is 0.536. The van der Waals surface area contributed by atoms with E-state index in [1.807, 2.05) is 0 Å². The van der Waals surface area contributed by atoms with Crippen molar-refractivity contribution < 1.29 is 32.9 Å². The summed E-state index contributed by atoms with van der Waals surface area (Å²) < 4.78 is 41.2. The number of nitrogens with one attached hydrogen (secondary N) is 1. The molecule has 4 rings (SSSR count). The van der Waals surface area contributed by atoms with Crippen LogP contribution in [0.3, 0.4) is 0 Å². The molecule has 242 valence electrons. The predicted molar refractivity (Wildman–Crippen MR) is 169 cm³/mol. The number of anilines is 1. The Kier molecular flexibility index (Phi) is 11.6. The van der Waals surface area contributed by atoms with Crippen molar-refractivity contribution in [3.05, 3.63) is 36.2 Å². The molecule has 0 aliphatic carbocycles. The van der Waals surface area contributed by atoms with Crippen LogP contribution >= 0.6 is 18.1 Å². The Hall–Kier alpha value is -2.21. The molecule has 1 saturated heterocycles. The summed E-state index contributed by atoms with van der Waals surface area (Å²) >= 11 is 6.56. The number of carbonyl (C=O) groups excluding carboxylic acids is 2. The predicted octanol–water partition coefficient (Wildman–Crippen LogP) is 4.16. The van der Waals surface area contributed by atoms with Crippen molar-refractivity contribution in [3.8, 4) is 11.6 Å². The van der Waals surface area contributed by atoms with Crippen LogP contribution in [0, 0.1) is 11.3 Å². The normalized spacial score (nSPS) is 19.0. The summed E-state index contributed by atoms with van der Waals surface area (Å²) in [6.07, 6.45) is 0.690. The SMILES string of the molecule is CC(C)C(=O)Nc1nc(OCc2ccc(OC(=O)C(C)(C)C)cc2)c2ncn(C3C[N]([Tl])CC(COP(=O)(Cl)N(C)C)O3)c2n1. The van der Waals surface area contributed by atoms with E-state index < -0.39 is 24.6 Å². The van der Waals surface area contributed by atoms with Gasteiger partial charge in [0.05, 0.1) is 5.41 Å². The molecule has 2 aromatic heterocycles. The maximum atomic E-state index is 12.6. The van der Waals surface area contributed by atoms with Crippen molar-refractivity contribution in [3.63, 3.8) is 0 Å². The van der Waals surface area contributed by atoms with E-state index in [1.54, 1.807) is 83.9 Å². The summed E-state index contributed by atoms with van der Waals surface area (Å²) in [5.41, 5.74) is 0.965. The molecule has 3 aromatic rings. The number of morpholine rings is 1. The van der Waals surface area contributed by atoms with Gasteiger partial charge in [0.1, 0.15) is 5.75 Å². The van der Waals surface area contributed by atoms with Crippen LogP contribution in [-0.4, -0.2) is 105 Å². The summed E-state index contributed by atoms with van der Waals surface area (Å²) in [6.45, 7) is 6.80. The molecule has 3 atom stereocenters. The molecule has 1 aromatic carbocycles. The Morgan fingerprint density at radius 1 is 1.20 bits per heavy atom. The second-order valence-corrected chi connectivity index (χ2v) is 18.2. The van der Waals surface area contributed by atoms with Crippen LogP contribution in [0.15, 0.2) is 30.6 Å². The molecule has 1 fully saturated rings. The Balaban J connectivity index is 1.58. The first-order chi connectivity index (χ1) is 21.0. The number of ether oxygens (including phenoxy) is 3. The summed E-state index contributed by atoms with van der Waals surface area (Å²) in [7, 11) is 3.18. The third kappa shape index (κ3) is 9.42. The van der Waals surface area contributed by atoms with E-state index in [0.29, 0.717) is 56.1 Å². The average Bonchev–Trinajstić information content (AvgIpc) is 3.39. The van der Waals surface area contributed by atoms with E-state index in [2.05, 4.69) is 23.0 Å². The van der Waals surface area contributed by atoms with Gasteiger partial charge in [0.2, 0.25) is 0 Å². The molecule has 1 amide bonds. The number of hydrogen-bond donors (Lipinski definition) is 1. The second-order valence-electron chi connectivity index (χ2n) is 12.2. The van der Waals surface area contributed by atoms with Gasteiger partial charge in [-0.05, 0) is 20.8 Å². The molecule has 0 saturated carbocycles. The number of hydrogen-bond acceptors (Lipinski definition) is 11. The van der Waals surface area contributed by atoms with Crippen molar-refractivity contribution in [2.45, 2.75) is 53.6 Å². The van der Waals surface area contributed by atoms with Gasteiger partial charge >= 0.3 is 243 Å². The Labute approximate surface area is 283 Å². The maximum absolute atomic E-state index is 12.6.